The maximum atomic E-state index is 5.90. The van der Waals surface area contributed by atoms with Gasteiger partial charge in [0.1, 0.15) is 0 Å². The highest BCUT2D eigenvalue weighted by Crippen LogP contribution is 2.21. The molecule has 0 aliphatic rings. The molecule has 0 saturated heterocycles. The summed E-state index contributed by atoms with van der Waals surface area (Å²) >= 11 is 9.34. The third-order valence-electron chi connectivity index (χ3n) is 3.48. The third-order valence-corrected chi connectivity index (χ3v) is 4.23. The van der Waals surface area contributed by atoms with Crippen molar-refractivity contribution < 1.29 is 4.52 Å². The van der Waals surface area contributed by atoms with Crippen LogP contribution in [-0.4, -0.2) is 10.1 Å². The van der Waals surface area contributed by atoms with Crippen molar-refractivity contribution in [1.29, 1.82) is 0 Å². The fourth-order valence-corrected chi connectivity index (χ4v) is 2.71. The molecule has 0 radical (unpaired) electrons. The molecule has 0 saturated carbocycles. The molecule has 118 valence electrons. The van der Waals surface area contributed by atoms with E-state index in [0.717, 1.165) is 20.6 Å². The second-order valence-electron chi connectivity index (χ2n) is 5.18. The highest BCUT2D eigenvalue weighted by atomic mass is 79.9. The van der Waals surface area contributed by atoms with Crippen LogP contribution in [0.5, 0.6) is 0 Å². The van der Waals surface area contributed by atoms with Crippen molar-refractivity contribution in [2.45, 2.75) is 19.5 Å². The lowest BCUT2D eigenvalue weighted by molar-refractivity contribution is 0.360. The van der Waals surface area contributed by atoms with E-state index in [1.165, 1.54) is 0 Å². The van der Waals surface area contributed by atoms with E-state index in [-0.39, 0.29) is 6.04 Å². The lowest BCUT2D eigenvalue weighted by Crippen LogP contribution is -2.18. The molecule has 1 aromatic heterocycles. The van der Waals surface area contributed by atoms with Crippen molar-refractivity contribution in [2.75, 3.05) is 0 Å². The molecule has 0 aliphatic carbocycles. The number of halogens is 2. The number of rotatable bonds is 5. The average molecular weight is 393 g/mol. The molecule has 0 amide bonds. The van der Waals surface area contributed by atoms with Crippen LogP contribution in [0.4, 0.5) is 0 Å². The van der Waals surface area contributed by atoms with E-state index in [2.05, 4.69) is 38.3 Å². The molecule has 3 rings (SSSR count). The van der Waals surface area contributed by atoms with Crippen molar-refractivity contribution in [3.63, 3.8) is 0 Å². The van der Waals surface area contributed by atoms with Gasteiger partial charge in [0.2, 0.25) is 11.7 Å². The van der Waals surface area contributed by atoms with Crippen molar-refractivity contribution >= 4 is 27.5 Å². The van der Waals surface area contributed by atoms with Crippen molar-refractivity contribution in [3.05, 3.63) is 69.5 Å². The normalized spacial score (nSPS) is 12.3. The van der Waals surface area contributed by atoms with E-state index in [1.54, 1.807) is 0 Å². The number of aromatic nitrogens is 2. The fraction of sp³-hybridized carbons (Fsp3) is 0.176. The first kappa shape index (κ1) is 16.2. The van der Waals surface area contributed by atoms with Gasteiger partial charge in [-0.1, -0.05) is 57.0 Å². The first-order chi connectivity index (χ1) is 11.1. The number of hydrogen-bond donors (Lipinski definition) is 1. The summed E-state index contributed by atoms with van der Waals surface area (Å²) in [6.07, 6.45) is 0. The standard InChI is InChI=1S/C17H15BrClN3O/c1-11(12-5-7-15(19)8-6-12)20-10-16-21-17(22-23-16)13-3-2-4-14(18)9-13/h2-9,11,20H,10H2,1H3. The average Bonchev–Trinajstić information content (AvgIpc) is 3.02. The molecule has 6 heteroatoms. The fourth-order valence-electron chi connectivity index (χ4n) is 2.18. The smallest absolute Gasteiger partial charge is 0.240 e. The van der Waals surface area contributed by atoms with Crippen molar-refractivity contribution in [3.8, 4) is 11.4 Å². The Morgan fingerprint density at radius 2 is 2.00 bits per heavy atom. The van der Waals surface area contributed by atoms with Crippen LogP contribution in [0.3, 0.4) is 0 Å². The Kier molecular flexibility index (Phi) is 5.10. The molecule has 4 nitrogen and oxygen atoms in total. The number of nitrogens with zero attached hydrogens (tertiary/aromatic N) is 2. The zero-order valence-electron chi connectivity index (χ0n) is 12.5. The van der Waals surface area contributed by atoms with Crippen LogP contribution in [0.1, 0.15) is 24.4 Å². The van der Waals surface area contributed by atoms with E-state index in [1.807, 2.05) is 48.5 Å². The topological polar surface area (TPSA) is 51.0 Å². The molecule has 0 spiro atoms. The van der Waals surface area contributed by atoms with E-state index >= 15 is 0 Å². The van der Waals surface area contributed by atoms with Crippen molar-refractivity contribution in [2.24, 2.45) is 0 Å². The minimum Gasteiger partial charge on any atom is -0.338 e. The summed E-state index contributed by atoms with van der Waals surface area (Å²) in [4.78, 5) is 4.42. The van der Waals surface area contributed by atoms with E-state index in [4.69, 9.17) is 16.1 Å². The van der Waals surface area contributed by atoms with Crippen LogP contribution < -0.4 is 5.32 Å². The Hall–Kier alpha value is -1.69. The summed E-state index contributed by atoms with van der Waals surface area (Å²) in [5.74, 6) is 1.14. The van der Waals surface area contributed by atoms with Crippen LogP contribution >= 0.6 is 27.5 Å². The highest BCUT2D eigenvalue weighted by molar-refractivity contribution is 9.10. The SMILES string of the molecule is CC(NCc1nc(-c2cccc(Br)c2)no1)c1ccc(Cl)cc1. The molecule has 1 atom stereocenters. The Balaban J connectivity index is 1.64. The van der Waals surface area contributed by atoms with Crippen LogP contribution in [0, 0.1) is 0 Å². The lowest BCUT2D eigenvalue weighted by Gasteiger charge is -2.12. The van der Waals surface area contributed by atoms with Crippen molar-refractivity contribution in [1.82, 2.24) is 15.5 Å². The van der Waals surface area contributed by atoms with Gasteiger partial charge in [0.05, 0.1) is 6.54 Å². The van der Waals surface area contributed by atoms with Crippen LogP contribution in [0.25, 0.3) is 11.4 Å². The van der Waals surface area contributed by atoms with Gasteiger partial charge in [0.25, 0.3) is 0 Å². The van der Waals surface area contributed by atoms with Gasteiger partial charge in [0.15, 0.2) is 0 Å². The Morgan fingerprint density at radius 1 is 1.22 bits per heavy atom. The second-order valence-corrected chi connectivity index (χ2v) is 6.53. The van der Waals surface area contributed by atoms with Gasteiger partial charge in [-0.05, 0) is 36.8 Å². The Labute approximate surface area is 148 Å². The summed E-state index contributed by atoms with van der Waals surface area (Å²) in [6.45, 7) is 2.58. The van der Waals surface area contributed by atoms with E-state index in [9.17, 15) is 0 Å². The molecule has 1 unspecified atom stereocenters. The van der Waals surface area contributed by atoms with Gasteiger partial charge in [-0.3, -0.25) is 0 Å². The third kappa shape index (κ3) is 4.19. The molecule has 1 heterocycles. The zero-order chi connectivity index (χ0) is 16.2. The maximum absolute atomic E-state index is 5.90. The maximum Gasteiger partial charge on any atom is 0.240 e. The first-order valence-electron chi connectivity index (χ1n) is 7.19. The summed E-state index contributed by atoms with van der Waals surface area (Å²) in [7, 11) is 0. The quantitative estimate of drug-likeness (QED) is 0.663. The molecule has 0 bridgehead atoms. The zero-order valence-corrected chi connectivity index (χ0v) is 14.8. The minimum absolute atomic E-state index is 0.161. The lowest BCUT2D eigenvalue weighted by atomic mass is 10.1. The van der Waals surface area contributed by atoms with Gasteiger partial charge >= 0.3 is 0 Å². The minimum atomic E-state index is 0.161. The van der Waals surface area contributed by atoms with Gasteiger partial charge in [0, 0.05) is 21.1 Å². The molecular formula is C17H15BrClN3O. The largest absolute Gasteiger partial charge is 0.338 e. The van der Waals surface area contributed by atoms with Gasteiger partial charge in [-0.15, -0.1) is 0 Å². The van der Waals surface area contributed by atoms with Crippen LogP contribution in [0.15, 0.2) is 57.5 Å². The molecule has 2 aromatic carbocycles. The summed E-state index contributed by atoms with van der Waals surface area (Å²) in [6, 6.07) is 15.7. The second kappa shape index (κ2) is 7.25. The first-order valence-corrected chi connectivity index (χ1v) is 8.36. The van der Waals surface area contributed by atoms with Crippen LogP contribution in [0.2, 0.25) is 5.02 Å². The van der Waals surface area contributed by atoms with E-state index < -0.39 is 0 Å². The summed E-state index contributed by atoms with van der Waals surface area (Å²) in [5.41, 5.74) is 2.07. The number of hydrogen-bond acceptors (Lipinski definition) is 4. The van der Waals surface area contributed by atoms with E-state index in [0.29, 0.717) is 18.3 Å². The molecular weight excluding hydrogens is 378 g/mol. The number of benzene rings is 2. The molecule has 3 aromatic rings. The molecule has 0 aliphatic heterocycles. The number of nitrogens with one attached hydrogen (secondary N) is 1. The summed E-state index contributed by atoms with van der Waals surface area (Å²) < 4.78 is 6.29. The monoisotopic (exact) mass is 391 g/mol. The molecule has 23 heavy (non-hydrogen) atoms. The Bertz CT molecular complexity index is 789. The predicted octanol–water partition coefficient (Wildman–Crippen LogP) is 5.00. The van der Waals surface area contributed by atoms with Crippen LogP contribution in [-0.2, 0) is 6.54 Å². The predicted molar refractivity (Wildman–Crippen MR) is 94.1 cm³/mol. The van der Waals surface area contributed by atoms with Gasteiger partial charge in [-0.2, -0.15) is 4.98 Å². The molecule has 1 N–H and O–H groups in total. The summed E-state index contributed by atoms with van der Waals surface area (Å²) in [5, 5.41) is 8.12. The molecule has 0 fully saturated rings. The van der Waals surface area contributed by atoms with Gasteiger partial charge < -0.3 is 9.84 Å². The van der Waals surface area contributed by atoms with Gasteiger partial charge in [-0.25, -0.2) is 0 Å². The highest BCUT2D eigenvalue weighted by Gasteiger charge is 2.11. The Morgan fingerprint density at radius 3 is 2.74 bits per heavy atom.